The zero-order chi connectivity index (χ0) is 15.6. The molecular weight excluding hydrogens is 264 g/mol. The molecule has 2 atom stereocenters. The van der Waals surface area contributed by atoms with Crippen molar-refractivity contribution >= 4 is 11.8 Å². The zero-order valence-corrected chi connectivity index (χ0v) is 13.9. The zero-order valence-electron chi connectivity index (χ0n) is 13.9. The lowest BCUT2D eigenvalue weighted by atomic mass is 9.86. The van der Waals surface area contributed by atoms with Gasteiger partial charge in [0.2, 0.25) is 11.8 Å². The lowest BCUT2D eigenvalue weighted by molar-refractivity contribution is -0.157. The summed E-state index contributed by atoms with van der Waals surface area (Å²) >= 11 is 0. The molecule has 1 spiro atoms. The largest absolute Gasteiger partial charge is 0.340 e. The van der Waals surface area contributed by atoms with Crippen molar-refractivity contribution in [2.75, 3.05) is 6.54 Å². The molecule has 21 heavy (non-hydrogen) atoms. The molecule has 0 bridgehead atoms. The average Bonchev–Trinajstić information content (AvgIpc) is 2.85. The topological polar surface area (TPSA) is 49.4 Å². The van der Waals surface area contributed by atoms with Crippen LogP contribution in [0.1, 0.15) is 66.2 Å². The Morgan fingerprint density at radius 1 is 1.24 bits per heavy atom. The van der Waals surface area contributed by atoms with E-state index in [1.165, 1.54) is 0 Å². The summed E-state index contributed by atoms with van der Waals surface area (Å²) in [6, 6.07) is -0.303. The first kappa shape index (κ1) is 16.3. The minimum atomic E-state index is -0.589. The number of carbonyl (C=O) groups is 2. The summed E-state index contributed by atoms with van der Waals surface area (Å²) in [6.45, 7) is 9.12. The molecule has 1 aliphatic heterocycles. The molecule has 1 aliphatic carbocycles. The van der Waals surface area contributed by atoms with Crippen molar-refractivity contribution in [3.05, 3.63) is 0 Å². The van der Waals surface area contributed by atoms with E-state index in [2.05, 4.69) is 19.2 Å². The molecule has 120 valence electrons. The molecule has 4 nitrogen and oxygen atoms in total. The number of nitrogens with one attached hydrogen (secondary N) is 1. The number of piperazine rings is 1. The van der Waals surface area contributed by atoms with E-state index in [0.29, 0.717) is 12.5 Å². The van der Waals surface area contributed by atoms with E-state index >= 15 is 0 Å². The van der Waals surface area contributed by atoms with E-state index in [0.717, 1.165) is 38.5 Å². The van der Waals surface area contributed by atoms with Crippen LogP contribution in [-0.4, -0.2) is 34.8 Å². The maximum atomic E-state index is 13.1. The third-order valence-electron chi connectivity index (χ3n) is 5.02. The molecule has 4 heteroatoms. The third-order valence-corrected chi connectivity index (χ3v) is 5.02. The Morgan fingerprint density at radius 2 is 1.86 bits per heavy atom. The van der Waals surface area contributed by atoms with Crippen LogP contribution in [-0.2, 0) is 9.59 Å². The molecule has 1 saturated heterocycles. The molecule has 2 amide bonds. The summed E-state index contributed by atoms with van der Waals surface area (Å²) in [5.74, 6) is 0.822. The van der Waals surface area contributed by atoms with Crippen molar-refractivity contribution in [3.63, 3.8) is 0 Å². The van der Waals surface area contributed by atoms with Crippen molar-refractivity contribution < 1.29 is 9.59 Å². The summed E-state index contributed by atoms with van der Waals surface area (Å²) in [4.78, 5) is 27.5. The highest BCUT2D eigenvalue weighted by atomic mass is 16.2. The maximum Gasteiger partial charge on any atom is 0.249 e. The van der Waals surface area contributed by atoms with E-state index in [1.807, 2.05) is 18.7 Å². The molecule has 0 radical (unpaired) electrons. The minimum Gasteiger partial charge on any atom is -0.340 e. The number of amides is 2. The van der Waals surface area contributed by atoms with Gasteiger partial charge in [-0.15, -0.1) is 0 Å². The van der Waals surface area contributed by atoms with Gasteiger partial charge in [-0.25, -0.2) is 0 Å². The van der Waals surface area contributed by atoms with E-state index in [9.17, 15) is 9.59 Å². The van der Waals surface area contributed by atoms with Gasteiger partial charge in [-0.1, -0.05) is 47.0 Å². The van der Waals surface area contributed by atoms with Gasteiger partial charge in [0.05, 0.1) is 0 Å². The van der Waals surface area contributed by atoms with Crippen molar-refractivity contribution in [1.82, 2.24) is 10.2 Å². The second-order valence-corrected chi connectivity index (χ2v) is 7.32. The van der Waals surface area contributed by atoms with Gasteiger partial charge in [-0.05, 0) is 31.1 Å². The molecule has 0 aromatic rings. The highest BCUT2D eigenvalue weighted by Crippen LogP contribution is 2.36. The predicted molar refractivity (Wildman–Crippen MR) is 83.8 cm³/mol. The maximum absolute atomic E-state index is 13.1. The molecule has 2 aliphatic rings. The van der Waals surface area contributed by atoms with E-state index < -0.39 is 5.54 Å². The van der Waals surface area contributed by atoms with Crippen molar-refractivity contribution in [1.29, 1.82) is 0 Å². The highest BCUT2D eigenvalue weighted by molar-refractivity contribution is 6.00. The summed E-state index contributed by atoms with van der Waals surface area (Å²) in [7, 11) is 0. The Morgan fingerprint density at radius 3 is 2.38 bits per heavy atom. The summed E-state index contributed by atoms with van der Waals surface area (Å²) in [5.41, 5.74) is -0.589. The fraction of sp³-hybridized carbons (Fsp3) is 0.882. The Balaban J connectivity index is 2.24. The molecule has 2 unspecified atom stereocenters. The van der Waals surface area contributed by atoms with Crippen LogP contribution in [0.25, 0.3) is 0 Å². The average molecular weight is 294 g/mol. The standard InChI is InChI=1S/C17H30N2O2/c1-5-8-13(4)11-19-14(12(2)3)15(20)18-17(16(19)21)9-6-7-10-17/h12-14H,5-11H2,1-4H3,(H,18,20). The van der Waals surface area contributed by atoms with Crippen molar-refractivity contribution in [3.8, 4) is 0 Å². The first-order valence-corrected chi connectivity index (χ1v) is 8.54. The van der Waals surface area contributed by atoms with Crippen LogP contribution >= 0.6 is 0 Å². The van der Waals surface area contributed by atoms with Gasteiger partial charge in [-0.3, -0.25) is 9.59 Å². The van der Waals surface area contributed by atoms with Crippen LogP contribution in [0.4, 0.5) is 0 Å². The lowest BCUT2D eigenvalue weighted by Crippen LogP contribution is -2.70. The van der Waals surface area contributed by atoms with Gasteiger partial charge in [0.25, 0.3) is 0 Å². The first-order valence-electron chi connectivity index (χ1n) is 8.54. The van der Waals surface area contributed by atoms with Crippen LogP contribution in [0.5, 0.6) is 0 Å². The van der Waals surface area contributed by atoms with Crippen LogP contribution in [0.2, 0.25) is 0 Å². The van der Waals surface area contributed by atoms with Gasteiger partial charge in [0.1, 0.15) is 11.6 Å². The van der Waals surface area contributed by atoms with Crippen LogP contribution in [0, 0.1) is 11.8 Å². The monoisotopic (exact) mass is 294 g/mol. The Kier molecular flexibility index (Phi) is 4.95. The van der Waals surface area contributed by atoms with Gasteiger partial charge in [0, 0.05) is 6.54 Å². The van der Waals surface area contributed by atoms with E-state index in [1.54, 1.807) is 0 Å². The number of rotatable bonds is 5. The van der Waals surface area contributed by atoms with Gasteiger partial charge in [-0.2, -0.15) is 0 Å². The normalized spacial score (nSPS) is 26.5. The molecule has 0 aromatic carbocycles. The first-order chi connectivity index (χ1) is 9.91. The van der Waals surface area contributed by atoms with Crippen LogP contribution < -0.4 is 5.32 Å². The third kappa shape index (κ3) is 3.09. The second-order valence-electron chi connectivity index (χ2n) is 7.32. The smallest absolute Gasteiger partial charge is 0.249 e. The Labute approximate surface area is 128 Å². The fourth-order valence-electron chi connectivity index (χ4n) is 4.00. The number of hydrogen-bond acceptors (Lipinski definition) is 2. The lowest BCUT2D eigenvalue weighted by Gasteiger charge is -2.46. The fourth-order valence-corrected chi connectivity index (χ4v) is 4.00. The summed E-state index contributed by atoms with van der Waals surface area (Å²) in [6.07, 6.45) is 5.91. The molecule has 0 aromatic heterocycles. The quantitative estimate of drug-likeness (QED) is 0.847. The van der Waals surface area contributed by atoms with Gasteiger partial charge < -0.3 is 10.2 Å². The number of carbonyl (C=O) groups excluding carboxylic acids is 2. The second kappa shape index (κ2) is 6.37. The predicted octanol–water partition coefficient (Wildman–Crippen LogP) is 2.72. The van der Waals surface area contributed by atoms with Gasteiger partial charge in [0.15, 0.2) is 0 Å². The van der Waals surface area contributed by atoms with Crippen LogP contribution in [0.15, 0.2) is 0 Å². The molecule has 2 fully saturated rings. The number of hydrogen-bond donors (Lipinski definition) is 1. The summed E-state index contributed by atoms with van der Waals surface area (Å²) in [5, 5.41) is 3.08. The Bertz CT molecular complexity index is 400. The molecular formula is C17H30N2O2. The summed E-state index contributed by atoms with van der Waals surface area (Å²) < 4.78 is 0. The van der Waals surface area contributed by atoms with E-state index in [-0.39, 0.29) is 23.8 Å². The van der Waals surface area contributed by atoms with Gasteiger partial charge >= 0.3 is 0 Å². The highest BCUT2D eigenvalue weighted by Gasteiger charge is 2.52. The van der Waals surface area contributed by atoms with Crippen molar-refractivity contribution in [2.45, 2.75) is 77.8 Å². The molecule has 1 N–H and O–H groups in total. The number of nitrogens with zero attached hydrogens (tertiary/aromatic N) is 1. The Hall–Kier alpha value is -1.06. The van der Waals surface area contributed by atoms with Crippen molar-refractivity contribution in [2.24, 2.45) is 11.8 Å². The SMILES string of the molecule is CCCC(C)CN1C(=O)C2(CCCC2)NC(=O)C1C(C)C. The van der Waals surface area contributed by atoms with Crippen LogP contribution in [0.3, 0.4) is 0 Å². The molecule has 1 heterocycles. The molecule has 1 saturated carbocycles. The molecule has 2 rings (SSSR count). The minimum absolute atomic E-state index is 0.0511. The van der Waals surface area contributed by atoms with E-state index in [4.69, 9.17) is 0 Å².